The number of pyridine rings is 1. The van der Waals surface area contributed by atoms with E-state index in [0.717, 1.165) is 12.4 Å². The van der Waals surface area contributed by atoms with Gasteiger partial charge in [-0.15, -0.1) is 0 Å². The van der Waals surface area contributed by atoms with Gasteiger partial charge in [-0.05, 0) is 18.1 Å². The van der Waals surface area contributed by atoms with Gasteiger partial charge in [0.1, 0.15) is 5.82 Å². The van der Waals surface area contributed by atoms with Crippen LogP contribution in [0, 0.1) is 5.92 Å². The summed E-state index contributed by atoms with van der Waals surface area (Å²) in [7, 11) is 0. The summed E-state index contributed by atoms with van der Waals surface area (Å²) in [5.41, 5.74) is 0. The third kappa shape index (κ3) is 2.70. The maximum absolute atomic E-state index is 5.88. The number of aromatic nitrogens is 1. The first kappa shape index (κ1) is 9.33. The van der Waals surface area contributed by atoms with Crippen molar-refractivity contribution in [2.45, 2.75) is 13.8 Å². The van der Waals surface area contributed by atoms with Crippen LogP contribution in [0.15, 0.2) is 18.3 Å². The van der Waals surface area contributed by atoms with Gasteiger partial charge in [-0.1, -0.05) is 25.4 Å². The molecule has 0 aliphatic rings. The van der Waals surface area contributed by atoms with Crippen LogP contribution in [0.3, 0.4) is 0 Å². The van der Waals surface area contributed by atoms with Gasteiger partial charge in [0.15, 0.2) is 0 Å². The lowest BCUT2D eigenvalue weighted by atomic mass is 10.2. The summed E-state index contributed by atoms with van der Waals surface area (Å²) in [6.07, 6.45) is 1.73. The minimum Gasteiger partial charge on any atom is -0.369 e. The number of rotatable bonds is 3. The Morgan fingerprint density at radius 1 is 1.58 bits per heavy atom. The molecule has 1 N–H and O–H groups in total. The first-order valence-electron chi connectivity index (χ1n) is 4.04. The fourth-order valence-corrected chi connectivity index (χ4v) is 1.00. The Balaban J connectivity index is 2.57. The Hall–Kier alpha value is -0.760. The van der Waals surface area contributed by atoms with Crippen molar-refractivity contribution in [1.29, 1.82) is 0 Å². The van der Waals surface area contributed by atoms with E-state index < -0.39 is 0 Å². The van der Waals surface area contributed by atoms with Crippen molar-refractivity contribution in [1.82, 2.24) is 4.98 Å². The third-order valence-electron chi connectivity index (χ3n) is 1.44. The molecule has 0 saturated heterocycles. The molecule has 0 aliphatic carbocycles. The summed E-state index contributed by atoms with van der Waals surface area (Å²) >= 11 is 5.88. The predicted molar refractivity (Wildman–Crippen MR) is 52.6 cm³/mol. The number of hydrogen-bond acceptors (Lipinski definition) is 2. The van der Waals surface area contributed by atoms with E-state index in [1.165, 1.54) is 0 Å². The van der Waals surface area contributed by atoms with Gasteiger partial charge in [0.25, 0.3) is 0 Å². The minimum absolute atomic E-state index is 0.600. The molecule has 0 amide bonds. The van der Waals surface area contributed by atoms with E-state index in [0.29, 0.717) is 10.9 Å². The SMILES string of the molecule is CC(C)CNc1ncccc1Cl. The van der Waals surface area contributed by atoms with E-state index in [9.17, 15) is 0 Å². The molecule has 0 aliphatic heterocycles. The van der Waals surface area contributed by atoms with Gasteiger partial charge in [-0.25, -0.2) is 4.98 Å². The van der Waals surface area contributed by atoms with Gasteiger partial charge in [0.2, 0.25) is 0 Å². The van der Waals surface area contributed by atoms with Gasteiger partial charge in [-0.2, -0.15) is 0 Å². The molecule has 0 saturated carbocycles. The second kappa shape index (κ2) is 4.31. The topological polar surface area (TPSA) is 24.9 Å². The van der Waals surface area contributed by atoms with Crippen molar-refractivity contribution in [2.24, 2.45) is 5.92 Å². The first-order chi connectivity index (χ1) is 5.70. The molecule has 12 heavy (non-hydrogen) atoms. The van der Waals surface area contributed by atoms with Crippen molar-refractivity contribution in [3.8, 4) is 0 Å². The zero-order chi connectivity index (χ0) is 8.97. The minimum atomic E-state index is 0.600. The van der Waals surface area contributed by atoms with Crippen LogP contribution in [0.2, 0.25) is 5.02 Å². The fourth-order valence-electron chi connectivity index (χ4n) is 0.817. The molecule has 0 fully saturated rings. The van der Waals surface area contributed by atoms with E-state index in [-0.39, 0.29) is 0 Å². The van der Waals surface area contributed by atoms with Crippen LogP contribution < -0.4 is 5.32 Å². The van der Waals surface area contributed by atoms with E-state index in [2.05, 4.69) is 24.1 Å². The van der Waals surface area contributed by atoms with Crippen molar-refractivity contribution in [3.05, 3.63) is 23.4 Å². The maximum atomic E-state index is 5.88. The van der Waals surface area contributed by atoms with Gasteiger partial charge in [0, 0.05) is 12.7 Å². The third-order valence-corrected chi connectivity index (χ3v) is 1.74. The lowest BCUT2D eigenvalue weighted by Gasteiger charge is -2.08. The summed E-state index contributed by atoms with van der Waals surface area (Å²) in [6, 6.07) is 3.65. The van der Waals surface area contributed by atoms with Crippen LogP contribution in [0.25, 0.3) is 0 Å². The number of halogens is 1. The number of nitrogens with zero attached hydrogens (tertiary/aromatic N) is 1. The molecule has 1 aromatic rings. The summed E-state index contributed by atoms with van der Waals surface area (Å²) in [4.78, 5) is 4.11. The first-order valence-corrected chi connectivity index (χ1v) is 4.42. The molecule has 0 atom stereocenters. The maximum Gasteiger partial charge on any atom is 0.144 e. The molecule has 3 heteroatoms. The van der Waals surface area contributed by atoms with Crippen LogP contribution in [0.1, 0.15) is 13.8 Å². The van der Waals surface area contributed by atoms with E-state index in [4.69, 9.17) is 11.6 Å². The normalized spacial score (nSPS) is 10.3. The number of anilines is 1. The van der Waals surface area contributed by atoms with Crippen molar-refractivity contribution >= 4 is 17.4 Å². The molecule has 0 radical (unpaired) electrons. The summed E-state index contributed by atoms with van der Waals surface area (Å²) < 4.78 is 0. The van der Waals surface area contributed by atoms with Crippen LogP contribution in [0.5, 0.6) is 0 Å². The number of hydrogen-bond donors (Lipinski definition) is 1. The highest BCUT2D eigenvalue weighted by atomic mass is 35.5. The van der Waals surface area contributed by atoms with Gasteiger partial charge in [0.05, 0.1) is 5.02 Å². The van der Waals surface area contributed by atoms with Crippen molar-refractivity contribution in [2.75, 3.05) is 11.9 Å². The molecule has 1 heterocycles. The smallest absolute Gasteiger partial charge is 0.144 e. The fraction of sp³-hybridized carbons (Fsp3) is 0.444. The second-order valence-electron chi connectivity index (χ2n) is 3.11. The van der Waals surface area contributed by atoms with Crippen molar-refractivity contribution in [3.63, 3.8) is 0 Å². The second-order valence-corrected chi connectivity index (χ2v) is 3.52. The van der Waals surface area contributed by atoms with Crippen LogP contribution in [0.4, 0.5) is 5.82 Å². The molecule has 0 aromatic carbocycles. The standard InChI is InChI=1S/C9H13ClN2/c1-7(2)6-12-9-8(10)4-3-5-11-9/h3-5,7H,6H2,1-2H3,(H,11,12). The highest BCUT2D eigenvalue weighted by molar-refractivity contribution is 6.32. The van der Waals surface area contributed by atoms with Crippen LogP contribution in [-0.4, -0.2) is 11.5 Å². The Morgan fingerprint density at radius 2 is 2.33 bits per heavy atom. The highest BCUT2D eigenvalue weighted by Gasteiger charge is 1.99. The van der Waals surface area contributed by atoms with Gasteiger partial charge < -0.3 is 5.32 Å². The monoisotopic (exact) mass is 184 g/mol. The number of nitrogens with one attached hydrogen (secondary N) is 1. The van der Waals surface area contributed by atoms with Crippen LogP contribution in [-0.2, 0) is 0 Å². The lowest BCUT2D eigenvalue weighted by molar-refractivity contribution is 0.687. The quantitative estimate of drug-likeness (QED) is 0.782. The summed E-state index contributed by atoms with van der Waals surface area (Å²) in [6.45, 7) is 5.18. The Morgan fingerprint density at radius 3 is 2.92 bits per heavy atom. The van der Waals surface area contributed by atoms with Gasteiger partial charge in [-0.3, -0.25) is 0 Å². The highest BCUT2D eigenvalue weighted by Crippen LogP contribution is 2.17. The molecule has 66 valence electrons. The van der Waals surface area contributed by atoms with Crippen molar-refractivity contribution < 1.29 is 0 Å². The predicted octanol–water partition coefficient (Wildman–Crippen LogP) is 2.80. The molecular weight excluding hydrogens is 172 g/mol. The zero-order valence-electron chi connectivity index (χ0n) is 7.34. The lowest BCUT2D eigenvalue weighted by Crippen LogP contribution is -2.09. The Bertz CT molecular complexity index is 248. The largest absolute Gasteiger partial charge is 0.369 e. The molecule has 1 aromatic heterocycles. The molecule has 0 spiro atoms. The summed E-state index contributed by atoms with van der Waals surface area (Å²) in [5.74, 6) is 1.37. The average molecular weight is 185 g/mol. The molecule has 0 bridgehead atoms. The van der Waals surface area contributed by atoms with E-state index >= 15 is 0 Å². The molecule has 1 rings (SSSR count). The zero-order valence-corrected chi connectivity index (χ0v) is 8.10. The summed E-state index contributed by atoms with van der Waals surface area (Å²) in [5, 5.41) is 3.85. The molecular formula is C9H13ClN2. The van der Waals surface area contributed by atoms with E-state index in [1.807, 2.05) is 12.1 Å². The molecule has 0 unspecified atom stereocenters. The van der Waals surface area contributed by atoms with Gasteiger partial charge >= 0.3 is 0 Å². The average Bonchev–Trinajstić information content (AvgIpc) is 2.03. The molecule has 2 nitrogen and oxygen atoms in total. The van der Waals surface area contributed by atoms with Crippen LogP contribution >= 0.6 is 11.6 Å². The Kier molecular flexibility index (Phi) is 3.35. The Labute approximate surface area is 78.0 Å². The van der Waals surface area contributed by atoms with E-state index in [1.54, 1.807) is 6.20 Å².